The van der Waals surface area contributed by atoms with Gasteiger partial charge in [0, 0.05) is 28.6 Å². The first-order valence-corrected chi connectivity index (χ1v) is 7.64. The summed E-state index contributed by atoms with van der Waals surface area (Å²) in [5, 5.41) is 14.5. The SMILES string of the molecule is C/C(=N/NC(=O)c1cc(Br)c[nH]1)c1cc(CCC(=O)[O-])oc1C. The zero-order chi connectivity index (χ0) is 17.0. The summed E-state index contributed by atoms with van der Waals surface area (Å²) in [5.74, 6) is -0.351. The number of aryl methyl sites for hydroxylation is 2. The summed E-state index contributed by atoms with van der Waals surface area (Å²) >= 11 is 3.25. The molecule has 0 spiro atoms. The van der Waals surface area contributed by atoms with Gasteiger partial charge in [0.25, 0.3) is 5.91 Å². The maximum atomic E-state index is 11.9. The molecular weight excluding hydrogens is 366 g/mol. The molecule has 2 rings (SSSR count). The summed E-state index contributed by atoms with van der Waals surface area (Å²) in [6.45, 7) is 3.48. The van der Waals surface area contributed by atoms with Crippen molar-refractivity contribution in [2.45, 2.75) is 26.7 Å². The van der Waals surface area contributed by atoms with Crippen molar-refractivity contribution < 1.29 is 19.1 Å². The summed E-state index contributed by atoms with van der Waals surface area (Å²) in [5.41, 5.74) is 4.10. The number of hydrazone groups is 1. The Balaban J connectivity index is 2.05. The van der Waals surface area contributed by atoms with E-state index in [1.165, 1.54) is 0 Å². The molecule has 0 atom stereocenters. The molecule has 0 unspecified atom stereocenters. The largest absolute Gasteiger partial charge is 0.550 e. The van der Waals surface area contributed by atoms with E-state index in [0.717, 1.165) is 4.47 Å². The lowest BCUT2D eigenvalue weighted by Gasteiger charge is -2.00. The summed E-state index contributed by atoms with van der Waals surface area (Å²) in [6.07, 6.45) is 1.79. The molecule has 0 saturated heterocycles. The van der Waals surface area contributed by atoms with E-state index >= 15 is 0 Å². The van der Waals surface area contributed by atoms with Gasteiger partial charge in [-0.25, -0.2) is 5.43 Å². The molecule has 0 aromatic carbocycles. The van der Waals surface area contributed by atoms with Gasteiger partial charge in [-0.3, -0.25) is 4.79 Å². The van der Waals surface area contributed by atoms with Crippen molar-refractivity contribution in [2.75, 3.05) is 0 Å². The molecule has 2 N–H and O–H groups in total. The molecule has 0 aliphatic rings. The fourth-order valence-corrected chi connectivity index (χ4v) is 2.35. The average Bonchev–Trinajstić information content (AvgIpc) is 3.08. The maximum Gasteiger partial charge on any atom is 0.287 e. The van der Waals surface area contributed by atoms with E-state index < -0.39 is 5.97 Å². The number of aromatic amines is 1. The summed E-state index contributed by atoms with van der Waals surface area (Å²) in [7, 11) is 0. The Morgan fingerprint density at radius 2 is 2.17 bits per heavy atom. The van der Waals surface area contributed by atoms with Crippen LogP contribution in [-0.2, 0) is 11.2 Å². The molecule has 0 saturated carbocycles. The van der Waals surface area contributed by atoms with E-state index in [1.807, 2.05) is 0 Å². The van der Waals surface area contributed by atoms with Crippen LogP contribution in [0.15, 0.2) is 32.3 Å². The summed E-state index contributed by atoms with van der Waals surface area (Å²) in [6, 6.07) is 3.36. The normalized spacial score (nSPS) is 11.5. The summed E-state index contributed by atoms with van der Waals surface area (Å²) in [4.78, 5) is 25.2. The van der Waals surface area contributed by atoms with Gasteiger partial charge < -0.3 is 19.3 Å². The van der Waals surface area contributed by atoms with E-state index in [0.29, 0.717) is 28.5 Å². The van der Waals surface area contributed by atoms with Crippen LogP contribution in [0.4, 0.5) is 0 Å². The number of carbonyl (C=O) groups excluding carboxylic acids is 2. The van der Waals surface area contributed by atoms with Gasteiger partial charge in [-0.05, 0) is 48.3 Å². The molecule has 122 valence electrons. The number of carboxylic acids is 1. The van der Waals surface area contributed by atoms with Crippen LogP contribution in [0.1, 0.15) is 40.9 Å². The van der Waals surface area contributed by atoms with Gasteiger partial charge in [0.15, 0.2) is 0 Å². The predicted molar refractivity (Wildman–Crippen MR) is 84.9 cm³/mol. The van der Waals surface area contributed by atoms with Crippen LogP contribution in [0, 0.1) is 6.92 Å². The molecule has 2 aromatic heterocycles. The first-order chi connectivity index (χ1) is 10.9. The number of furan rings is 1. The number of amides is 1. The second kappa shape index (κ2) is 7.28. The molecule has 2 aromatic rings. The predicted octanol–water partition coefficient (Wildman–Crippen LogP) is 1.52. The number of aliphatic carboxylic acids is 1. The van der Waals surface area contributed by atoms with Crippen molar-refractivity contribution in [1.82, 2.24) is 10.4 Å². The van der Waals surface area contributed by atoms with Crippen molar-refractivity contribution in [3.63, 3.8) is 0 Å². The topological polar surface area (TPSA) is 111 Å². The van der Waals surface area contributed by atoms with Crippen LogP contribution < -0.4 is 10.5 Å². The Hall–Kier alpha value is -2.35. The highest BCUT2D eigenvalue weighted by atomic mass is 79.9. The van der Waals surface area contributed by atoms with E-state index in [4.69, 9.17) is 4.42 Å². The number of hydrogen-bond acceptors (Lipinski definition) is 5. The van der Waals surface area contributed by atoms with Crippen molar-refractivity contribution in [2.24, 2.45) is 5.10 Å². The smallest absolute Gasteiger partial charge is 0.287 e. The molecule has 0 aliphatic carbocycles. The molecule has 0 radical (unpaired) electrons. The lowest BCUT2D eigenvalue weighted by Crippen LogP contribution is -2.22. The Kier molecular flexibility index (Phi) is 5.38. The fraction of sp³-hybridized carbons (Fsp3) is 0.267. The molecule has 1 amide bonds. The first-order valence-electron chi connectivity index (χ1n) is 6.85. The van der Waals surface area contributed by atoms with Crippen molar-refractivity contribution in [3.8, 4) is 0 Å². The molecule has 0 aliphatic heterocycles. The van der Waals surface area contributed by atoms with E-state index in [-0.39, 0.29) is 18.7 Å². The number of hydrogen-bond donors (Lipinski definition) is 2. The minimum atomic E-state index is -1.13. The average molecular weight is 381 g/mol. The Labute approximate surface area is 140 Å². The summed E-state index contributed by atoms with van der Waals surface area (Å²) < 4.78 is 6.25. The van der Waals surface area contributed by atoms with Crippen LogP contribution in [0.2, 0.25) is 0 Å². The monoisotopic (exact) mass is 380 g/mol. The third-order valence-corrected chi connectivity index (χ3v) is 3.61. The molecule has 0 bridgehead atoms. The fourth-order valence-electron chi connectivity index (χ4n) is 2.01. The Morgan fingerprint density at radius 3 is 2.78 bits per heavy atom. The van der Waals surface area contributed by atoms with Crippen molar-refractivity contribution >= 4 is 33.5 Å². The second-order valence-electron chi connectivity index (χ2n) is 4.92. The molecule has 7 nitrogen and oxygen atoms in total. The van der Waals surface area contributed by atoms with Gasteiger partial charge in [-0.15, -0.1) is 0 Å². The Bertz CT molecular complexity index is 761. The molecule has 8 heteroatoms. The maximum absolute atomic E-state index is 11.9. The van der Waals surface area contributed by atoms with Crippen LogP contribution >= 0.6 is 15.9 Å². The zero-order valence-electron chi connectivity index (χ0n) is 12.6. The Morgan fingerprint density at radius 1 is 1.43 bits per heavy atom. The molecule has 0 fully saturated rings. The second-order valence-corrected chi connectivity index (χ2v) is 5.84. The van der Waals surface area contributed by atoms with Crippen LogP contribution in [0.25, 0.3) is 0 Å². The highest BCUT2D eigenvalue weighted by Gasteiger charge is 2.12. The van der Waals surface area contributed by atoms with Crippen molar-refractivity contribution in [1.29, 1.82) is 0 Å². The van der Waals surface area contributed by atoms with Gasteiger partial charge in [0.05, 0.1) is 5.71 Å². The lowest BCUT2D eigenvalue weighted by molar-refractivity contribution is -0.305. The van der Waals surface area contributed by atoms with E-state index in [1.54, 1.807) is 32.2 Å². The minimum absolute atomic E-state index is 0.110. The van der Waals surface area contributed by atoms with Crippen LogP contribution in [-0.4, -0.2) is 22.6 Å². The number of nitrogens with one attached hydrogen (secondary N) is 2. The highest BCUT2D eigenvalue weighted by molar-refractivity contribution is 9.10. The molecule has 23 heavy (non-hydrogen) atoms. The number of nitrogens with zero attached hydrogens (tertiary/aromatic N) is 1. The zero-order valence-corrected chi connectivity index (χ0v) is 14.2. The highest BCUT2D eigenvalue weighted by Crippen LogP contribution is 2.17. The number of aromatic nitrogens is 1. The number of H-pyrrole nitrogens is 1. The quantitative estimate of drug-likeness (QED) is 0.584. The number of carbonyl (C=O) groups is 2. The van der Waals surface area contributed by atoms with Gasteiger partial charge >= 0.3 is 0 Å². The number of halogens is 1. The van der Waals surface area contributed by atoms with Crippen LogP contribution in [0.5, 0.6) is 0 Å². The minimum Gasteiger partial charge on any atom is -0.550 e. The molecular formula is C15H15BrN3O4-. The first kappa shape index (κ1) is 17.0. The van der Waals surface area contributed by atoms with Crippen LogP contribution in [0.3, 0.4) is 0 Å². The van der Waals surface area contributed by atoms with Gasteiger partial charge in [-0.2, -0.15) is 5.10 Å². The third-order valence-electron chi connectivity index (χ3n) is 3.15. The van der Waals surface area contributed by atoms with Gasteiger partial charge in [0.2, 0.25) is 0 Å². The standard InChI is InChI=1S/C15H16BrN3O4/c1-8(18-19-15(22)13-5-10(16)7-17-13)12-6-11(23-9(12)2)3-4-14(20)21/h5-7,17H,3-4H2,1-2H3,(H,19,22)(H,20,21)/p-1/b18-8-. The van der Waals surface area contributed by atoms with Gasteiger partial charge in [-0.1, -0.05) is 0 Å². The van der Waals surface area contributed by atoms with Gasteiger partial charge in [0.1, 0.15) is 17.2 Å². The molecule has 2 heterocycles. The number of rotatable bonds is 6. The van der Waals surface area contributed by atoms with E-state index in [9.17, 15) is 14.7 Å². The third kappa shape index (κ3) is 4.56. The van der Waals surface area contributed by atoms with E-state index in [2.05, 4.69) is 31.4 Å². The van der Waals surface area contributed by atoms with Crippen molar-refractivity contribution in [3.05, 3.63) is 45.6 Å². The lowest BCUT2D eigenvalue weighted by atomic mass is 10.1. The number of carboxylic acid groups (broad SMARTS) is 1.